The van der Waals surface area contributed by atoms with Gasteiger partial charge in [0.05, 0.1) is 10.6 Å². The van der Waals surface area contributed by atoms with Gasteiger partial charge >= 0.3 is 0 Å². The Bertz CT molecular complexity index is 1120. The Morgan fingerprint density at radius 2 is 1.73 bits per heavy atom. The van der Waals surface area contributed by atoms with Crippen molar-refractivity contribution in [2.24, 2.45) is 0 Å². The van der Waals surface area contributed by atoms with Crippen molar-refractivity contribution in [2.45, 2.75) is 4.90 Å². The Morgan fingerprint density at radius 3 is 2.42 bits per heavy atom. The van der Waals surface area contributed by atoms with Gasteiger partial charge in [-0.2, -0.15) is 9.78 Å². The molecule has 7 nitrogen and oxygen atoms in total. The Balaban J connectivity index is 1.91. The molecule has 1 N–H and O–H groups in total. The average molecular weight is 369 g/mol. The minimum absolute atomic E-state index is 0.0261. The fourth-order valence-corrected chi connectivity index (χ4v) is 2.95. The van der Waals surface area contributed by atoms with E-state index in [9.17, 15) is 18.0 Å². The van der Waals surface area contributed by atoms with Crippen molar-refractivity contribution in [2.75, 3.05) is 11.6 Å². The minimum Gasteiger partial charge on any atom is -0.321 e. The molecule has 8 heteroatoms. The Morgan fingerprint density at radius 1 is 1.00 bits per heavy atom. The van der Waals surface area contributed by atoms with E-state index >= 15 is 0 Å². The predicted octanol–water partition coefficient (Wildman–Crippen LogP) is 1.89. The van der Waals surface area contributed by atoms with Crippen molar-refractivity contribution >= 4 is 21.4 Å². The maximum absolute atomic E-state index is 12.4. The molecule has 1 amide bonds. The molecule has 1 heterocycles. The van der Waals surface area contributed by atoms with Gasteiger partial charge in [0, 0.05) is 18.0 Å². The second-order valence-electron chi connectivity index (χ2n) is 5.56. The van der Waals surface area contributed by atoms with Crippen LogP contribution in [0.3, 0.4) is 0 Å². The fourth-order valence-electron chi connectivity index (χ4n) is 2.29. The second kappa shape index (κ2) is 6.93. The molecule has 1 aromatic heterocycles. The van der Waals surface area contributed by atoms with Crippen molar-refractivity contribution in [3.63, 3.8) is 0 Å². The van der Waals surface area contributed by atoms with Crippen LogP contribution in [0.15, 0.2) is 76.4 Å². The third kappa shape index (κ3) is 3.86. The van der Waals surface area contributed by atoms with Gasteiger partial charge in [0.1, 0.15) is 5.69 Å². The van der Waals surface area contributed by atoms with Gasteiger partial charge in [-0.05, 0) is 36.4 Å². The van der Waals surface area contributed by atoms with E-state index in [-0.39, 0.29) is 16.1 Å². The zero-order valence-corrected chi connectivity index (χ0v) is 14.6. The first kappa shape index (κ1) is 17.6. The molecule has 0 aliphatic heterocycles. The van der Waals surface area contributed by atoms with Gasteiger partial charge in [0.25, 0.3) is 11.5 Å². The highest BCUT2D eigenvalue weighted by molar-refractivity contribution is 7.90. The van der Waals surface area contributed by atoms with Crippen LogP contribution in [0.2, 0.25) is 0 Å². The highest BCUT2D eigenvalue weighted by Crippen LogP contribution is 2.16. The maximum Gasteiger partial charge on any atom is 0.276 e. The zero-order chi connectivity index (χ0) is 18.7. The van der Waals surface area contributed by atoms with Gasteiger partial charge in [0.15, 0.2) is 9.84 Å². The van der Waals surface area contributed by atoms with Crippen LogP contribution in [0.25, 0.3) is 5.69 Å². The van der Waals surface area contributed by atoms with Gasteiger partial charge in [-0.3, -0.25) is 9.59 Å². The van der Waals surface area contributed by atoms with Crippen LogP contribution in [0.4, 0.5) is 5.69 Å². The summed E-state index contributed by atoms with van der Waals surface area (Å²) in [5.74, 6) is -0.555. The molecule has 0 aliphatic carbocycles. The van der Waals surface area contributed by atoms with Crippen LogP contribution in [0.5, 0.6) is 0 Å². The number of nitrogens with one attached hydrogen (secondary N) is 1. The summed E-state index contributed by atoms with van der Waals surface area (Å²) in [6, 6.07) is 17.2. The number of sulfone groups is 1. The molecular weight excluding hydrogens is 354 g/mol. The number of benzene rings is 2. The molecule has 3 aromatic rings. The number of anilines is 1. The summed E-state index contributed by atoms with van der Waals surface area (Å²) in [5, 5.41) is 6.67. The summed E-state index contributed by atoms with van der Waals surface area (Å²) in [5.41, 5.74) is 0.508. The number of carbonyl (C=O) groups is 1. The number of para-hydroxylation sites is 1. The van der Waals surface area contributed by atoms with Crippen LogP contribution >= 0.6 is 0 Å². The van der Waals surface area contributed by atoms with Crippen LogP contribution in [0.1, 0.15) is 10.5 Å². The zero-order valence-electron chi connectivity index (χ0n) is 13.8. The van der Waals surface area contributed by atoms with Crippen LogP contribution in [-0.2, 0) is 9.84 Å². The van der Waals surface area contributed by atoms with Crippen LogP contribution < -0.4 is 10.9 Å². The Hall–Kier alpha value is -3.26. The first-order chi connectivity index (χ1) is 12.3. The molecule has 0 saturated carbocycles. The SMILES string of the molecule is CS(=O)(=O)c1cccc(NC(=O)c2ccc(=O)n(-c3ccccc3)n2)c1. The topological polar surface area (TPSA) is 98.1 Å². The van der Waals surface area contributed by atoms with E-state index in [1.807, 2.05) is 0 Å². The molecule has 3 rings (SSSR count). The third-order valence-electron chi connectivity index (χ3n) is 3.55. The number of aromatic nitrogens is 2. The summed E-state index contributed by atoms with van der Waals surface area (Å²) in [6.07, 6.45) is 1.09. The molecule has 0 fully saturated rings. The highest BCUT2D eigenvalue weighted by atomic mass is 32.2. The van der Waals surface area contributed by atoms with E-state index < -0.39 is 15.7 Å². The summed E-state index contributed by atoms with van der Waals surface area (Å²) >= 11 is 0. The van der Waals surface area contributed by atoms with E-state index in [0.29, 0.717) is 11.4 Å². The van der Waals surface area contributed by atoms with E-state index in [1.165, 1.54) is 30.3 Å². The summed E-state index contributed by atoms with van der Waals surface area (Å²) in [4.78, 5) is 24.5. The van der Waals surface area contributed by atoms with E-state index in [1.54, 1.807) is 36.4 Å². The second-order valence-corrected chi connectivity index (χ2v) is 7.57. The molecular formula is C18H15N3O4S. The molecule has 0 unspecified atom stereocenters. The van der Waals surface area contributed by atoms with Gasteiger partial charge in [-0.1, -0.05) is 24.3 Å². The quantitative estimate of drug-likeness (QED) is 0.757. The van der Waals surface area contributed by atoms with Gasteiger partial charge < -0.3 is 5.32 Å². The molecule has 2 aromatic carbocycles. The number of hydrogen-bond acceptors (Lipinski definition) is 5. The standard InChI is InChI=1S/C18H15N3O4S/c1-26(24,25)15-9-5-6-13(12-15)19-18(23)16-10-11-17(22)21(20-16)14-7-3-2-4-8-14/h2-12H,1H3,(H,19,23). The number of nitrogens with zero attached hydrogens (tertiary/aromatic N) is 2. The molecule has 0 saturated heterocycles. The van der Waals surface area contributed by atoms with E-state index in [4.69, 9.17) is 0 Å². The maximum atomic E-state index is 12.4. The number of hydrogen-bond donors (Lipinski definition) is 1. The Labute approximate surface area is 149 Å². The predicted molar refractivity (Wildman–Crippen MR) is 97.3 cm³/mol. The molecule has 132 valence electrons. The molecule has 0 radical (unpaired) electrons. The van der Waals surface area contributed by atoms with Crippen molar-refractivity contribution in [1.82, 2.24) is 9.78 Å². The summed E-state index contributed by atoms with van der Waals surface area (Å²) in [6.45, 7) is 0. The average Bonchev–Trinajstić information content (AvgIpc) is 2.62. The first-order valence-corrected chi connectivity index (χ1v) is 9.51. The molecule has 0 atom stereocenters. The Kier molecular flexibility index (Phi) is 4.68. The lowest BCUT2D eigenvalue weighted by Gasteiger charge is -2.08. The van der Waals surface area contributed by atoms with Crippen molar-refractivity contribution in [3.05, 3.63) is 82.8 Å². The lowest BCUT2D eigenvalue weighted by Crippen LogP contribution is -2.24. The van der Waals surface area contributed by atoms with Crippen molar-refractivity contribution in [1.29, 1.82) is 0 Å². The number of amides is 1. The normalized spacial score (nSPS) is 11.1. The molecule has 0 bridgehead atoms. The molecule has 0 spiro atoms. The number of rotatable bonds is 4. The van der Waals surface area contributed by atoms with Crippen LogP contribution in [-0.4, -0.2) is 30.4 Å². The monoisotopic (exact) mass is 369 g/mol. The largest absolute Gasteiger partial charge is 0.321 e. The summed E-state index contributed by atoms with van der Waals surface area (Å²) in [7, 11) is -3.39. The number of carbonyl (C=O) groups excluding carboxylic acids is 1. The van der Waals surface area contributed by atoms with Gasteiger partial charge in [-0.15, -0.1) is 0 Å². The van der Waals surface area contributed by atoms with Crippen LogP contribution in [0, 0.1) is 0 Å². The van der Waals surface area contributed by atoms with Crippen molar-refractivity contribution < 1.29 is 13.2 Å². The molecule has 26 heavy (non-hydrogen) atoms. The molecule has 0 aliphatic rings. The minimum atomic E-state index is -3.39. The van der Waals surface area contributed by atoms with Gasteiger partial charge in [-0.25, -0.2) is 8.42 Å². The highest BCUT2D eigenvalue weighted by Gasteiger charge is 2.13. The lowest BCUT2D eigenvalue weighted by molar-refractivity contribution is 0.102. The lowest BCUT2D eigenvalue weighted by atomic mass is 10.3. The summed E-state index contributed by atoms with van der Waals surface area (Å²) < 4.78 is 24.4. The fraction of sp³-hybridized carbons (Fsp3) is 0.0556. The third-order valence-corrected chi connectivity index (χ3v) is 4.66. The van der Waals surface area contributed by atoms with E-state index in [0.717, 1.165) is 10.9 Å². The first-order valence-electron chi connectivity index (χ1n) is 7.62. The van der Waals surface area contributed by atoms with Gasteiger partial charge in [0.2, 0.25) is 0 Å². The van der Waals surface area contributed by atoms with Crippen molar-refractivity contribution in [3.8, 4) is 5.69 Å². The smallest absolute Gasteiger partial charge is 0.276 e. The van der Waals surface area contributed by atoms with E-state index in [2.05, 4.69) is 10.4 Å².